The molecule has 0 bridgehead atoms. The van der Waals surface area contributed by atoms with Gasteiger partial charge in [0.25, 0.3) is 0 Å². The number of halogens is 1. The zero-order valence-electron chi connectivity index (χ0n) is 11.8. The molecular formula is C16H21ClO2. The van der Waals surface area contributed by atoms with Gasteiger partial charge in [0.1, 0.15) is 11.5 Å². The molecule has 1 rings (SSSR count). The molecule has 0 aromatic heterocycles. The molecule has 0 spiro atoms. The van der Waals surface area contributed by atoms with Crippen LogP contribution in [0.25, 0.3) is 0 Å². The predicted molar refractivity (Wildman–Crippen MR) is 80.3 cm³/mol. The summed E-state index contributed by atoms with van der Waals surface area (Å²) in [6.07, 6.45) is 7.07. The molecule has 1 aromatic carbocycles. The molecule has 0 fully saturated rings. The second-order valence-electron chi connectivity index (χ2n) is 4.20. The first-order valence-corrected chi connectivity index (χ1v) is 7.08. The Morgan fingerprint density at radius 2 is 1.79 bits per heavy atom. The molecule has 0 saturated carbocycles. The van der Waals surface area contributed by atoms with Crippen LogP contribution in [0.4, 0.5) is 0 Å². The molecule has 3 heteroatoms. The number of hydrogen-bond acceptors (Lipinski definition) is 2. The van der Waals surface area contributed by atoms with Crippen molar-refractivity contribution in [2.24, 2.45) is 0 Å². The van der Waals surface area contributed by atoms with Gasteiger partial charge in [-0.25, -0.2) is 0 Å². The molecule has 0 aliphatic heterocycles. The smallest absolute Gasteiger partial charge is 0.141 e. The Morgan fingerprint density at radius 1 is 1.16 bits per heavy atom. The van der Waals surface area contributed by atoms with E-state index in [1.807, 2.05) is 26.0 Å². The first-order chi connectivity index (χ1) is 9.17. The molecule has 1 unspecified atom stereocenters. The number of ether oxygens (including phenoxy) is 2. The molecule has 0 amide bonds. The molecule has 2 nitrogen and oxygen atoms in total. The largest absolute Gasteiger partial charge is 0.493 e. The highest BCUT2D eigenvalue weighted by Gasteiger charge is 2.17. The van der Waals surface area contributed by atoms with Crippen LogP contribution in [-0.2, 0) is 0 Å². The summed E-state index contributed by atoms with van der Waals surface area (Å²) in [7, 11) is 0. The maximum Gasteiger partial charge on any atom is 0.141 e. The maximum atomic E-state index is 6.25. The minimum Gasteiger partial charge on any atom is -0.493 e. The van der Waals surface area contributed by atoms with Crippen LogP contribution in [-0.4, -0.2) is 13.2 Å². The van der Waals surface area contributed by atoms with E-state index in [1.54, 1.807) is 0 Å². The van der Waals surface area contributed by atoms with Crippen molar-refractivity contribution in [1.29, 1.82) is 0 Å². The summed E-state index contributed by atoms with van der Waals surface area (Å²) < 4.78 is 11.2. The average molecular weight is 281 g/mol. The fourth-order valence-electron chi connectivity index (χ4n) is 2.03. The minimum atomic E-state index is 0.264. The maximum absolute atomic E-state index is 6.25. The lowest BCUT2D eigenvalue weighted by molar-refractivity contribution is 0.319. The zero-order chi connectivity index (χ0) is 14.3. The average Bonchev–Trinajstić information content (AvgIpc) is 2.40. The van der Waals surface area contributed by atoms with Gasteiger partial charge in [0.05, 0.1) is 18.2 Å². The van der Waals surface area contributed by atoms with Crippen LogP contribution >= 0.6 is 11.6 Å². The van der Waals surface area contributed by atoms with Gasteiger partial charge in [0.2, 0.25) is 0 Å². The first kappa shape index (κ1) is 15.7. The van der Waals surface area contributed by atoms with Gasteiger partial charge in [-0.05, 0) is 37.8 Å². The van der Waals surface area contributed by atoms with Gasteiger partial charge in [-0.2, -0.15) is 0 Å². The van der Waals surface area contributed by atoms with E-state index in [2.05, 4.69) is 12.8 Å². The van der Waals surface area contributed by atoms with Crippen molar-refractivity contribution in [2.45, 2.75) is 39.5 Å². The van der Waals surface area contributed by atoms with Crippen LogP contribution in [0.1, 0.15) is 45.1 Å². The van der Waals surface area contributed by atoms with Crippen LogP contribution in [0.3, 0.4) is 0 Å². The van der Waals surface area contributed by atoms with Crippen LogP contribution in [0.15, 0.2) is 12.1 Å². The van der Waals surface area contributed by atoms with E-state index in [0.717, 1.165) is 17.7 Å². The summed E-state index contributed by atoms with van der Waals surface area (Å²) >= 11 is 6.25. The molecule has 0 saturated heterocycles. The Bertz CT molecular complexity index is 449. The summed E-state index contributed by atoms with van der Waals surface area (Å²) in [6.45, 7) is 7.18. The molecule has 19 heavy (non-hydrogen) atoms. The van der Waals surface area contributed by atoms with Gasteiger partial charge in [-0.3, -0.25) is 0 Å². The highest BCUT2D eigenvalue weighted by Crippen LogP contribution is 2.38. The van der Waals surface area contributed by atoms with Crippen molar-refractivity contribution in [1.82, 2.24) is 0 Å². The highest BCUT2D eigenvalue weighted by molar-refractivity contribution is 6.32. The molecule has 0 heterocycles. The minimum absolute atomic E-state index is 0.264. The van der Waals surface area contributed by atoms with Gasteiger partial charge in [0, 0.05) is 12.5 Å². The molecule has 0 aliphatic rings. The first-order valence-electron chi connectivity index (χ1n) is 6.70. The van der Waals surface area contributed by atoms with Crippen LogP contribution in [0.5, 0.6) is 11.5 Å². The molecule has 0 N–H and O–H groups in total. The SMILES string of the molecule is C#CCC(CC)c1cc(Cl)c(OCC)cc1OCC. The normalized spacial score (nSPS) is 11.7. The fourth-order valence-corrected chi connectivity index (χ4v) is 2.26. The van der Waals surface area contributed by atoms with E-state index in [9.17, 15) is 0 Å². The third-order valence-corrected chi connectivity index (χ3v) is 3.26. The van der Waals surface area contributed by atoms with Crippen molar-refractivity contribution in [3.63, 3.8) is 0 Å². The molecule has 1 atom stereocenters. The summed E-state index contributed by atoms with van der Waals surface area (Å²) in [5.41, 5.74) is 1.07. The summed E-state index contributed by atoms with van der Waals surface area (Å²) in [5, 5.41) is 0.607. The molecule has 0 aliphatic carbocycles. The Hall–Kier alpha value is -1.33. The Morgan fingerprint density at radius 3 is 2.32 bits per heavy atom. The van der Waals surface area contributed by atoms with E-state index in [1.165, 1.54) is 0 Å². The molecule has 0 radical (unpaired) electrons. The van der Waals surface area contributed by atoms with E-state index in [4.69, 9.17) is 27.5 Å². The lowest BCUT2D eigenvalue weighted by Crippen LogP contribution is -2.04. The van der Waals surface area contributed by atoms with Gasteiger partial charge in [-0.1, -0.05) is 18.5 Å². The fraction of sp³-hybridized carbons (Fsp3) is 0.500. The Kier molecular flexibility index (Phi) is 6.59. The van der Waals surface area contributed by atoms with Crippen LogP contribution < -0.4 is 9.47 Å². The second kappa shape index (κ2) is 7.96. The van der Waals surface area contributed by atoms with Gasteiger partial charge in [0.15, 0.2) is 0 Å². The van der Waals surface area contributed by atoms with E-state index < -0.39 is 0 Å². The van der Waals surface area contributed by atoms with E-state index in [0.29, 0.717) is 30.4 Å². The second-order valence-corrected chi connectivity index (χ2v) is 4.61. The number of hydrogen-bond donors (Lipinski definition) is 0. The Labute approximate surface area is 121 Å². The van der Waals surface area contributed by atoms with Gasteiger partial charge < -0.3 is 9.47 Å². The van der Waals surface area contributed by atoms with E-state index in [-0.39, 0.29) is 5.92 Å². The zero-order valence-corrected chi connectivity index (χ0v) is 12.6. The number of rotatable bonds is 7. The Balaban J connectivity index is 3.21. The third-order valence-electron chi connectivity index (χ3n) is 2.96. The third kappa shape index (κ3) is 4.08. The van der Waals surface area contributed by atoms with Crippen LogP contribution in [0.2, 0.25) is 5.02 Å². The summed E-state index contributed by atoms with van der Waals surface area (Å²) in [4.78, 5) is 0. The predicted octanol–water partition coefficient (Wildman–Crippen LogP) is 4.65. The lowest BCUT2D eigenvalue weighted by Gasteiger charge is -2.19. The van der Waals surface area contributed by atoms with Gasteiger partial charge >= 0.3 is 0 Å². The standard InChI is InChI=1S/C16H21ClO2/c1-5-9-12(6-2)13-10-14(17)16(19-8-4)11-15(13)18-7-3/h1,10-12H,6-9H2,2-4H3. The topological polar surface area (TPSA) is 18.5 Å². The van der Waals surface area contributed by atoms with Gasteiger partial charge in [-0.15, -0.1) is 12.3 Å². The highest BCUT2D eigenvalue weighted by atomic mass is 35.5. The molecular weight excluding hydrogens is 260 g/mol. The van der Waals surface area contributed by atoms with Crippen molar-refractivity contribution < 1.29 is 9.47 Å². The molecule has 104 valence electrons. The lowest BCUT2D eigenvalue weighted by atomic mass is 9.92. The van der Waals surface area contributed by atoms with Crippen molar-refractivity contribution >= 4 is 11.6 Å². The van der Waals surface area contributed by atoms with Crippen molar-refractivity contribution in [3.05, 3.63) is 22.7 Å². The van der Waals surface area contributed by atoms with Crippen molar-refractivity contribution in [3.8, 4) is 23.8 Å². The number of terminal acetylenes is 1. The quantitative estimate of drug-likeness (QED) is 0.677. The monoisotopic (exact) mass is 280 g/mol. The summed E-state index contributed by atoms with van der Waals surface area (Å²) in [6, 6.07) is 3.78. The van der Waals surface area contributed by atoms with Crippen LogP contribution in [0, 0.1) is 12.3 Å². The van der Waals surface area contributed by atoms with Crippen molar-refractivity contribution in [2.75, 3.05) is 13.2 Å². The molecule has 1 aromatic rings. The summed E-state index contributed by atoms with van der Waals surface area (Å²) in [5.74, 6) is 4.46. The number of benzene rings is 1. The van der Waals surface area contributed by atoms with E-state index >= 15 is 0 Å².